The Morgan fingerprint density at radius 2 is 1.86 bits per heavy atom. The van der Waals surface area contributed by atoms with Crippen LogP contribution in [-0.4, -0.2) is 10.8 Å². The molecule has 2 aromatic rings. The lowest BCUT2D eigenvalue weighted by Gasteiger charge is -2.09. The van der Waals surface area contributed by atoms with Gasteiger partial charge in [0.05, 0.1) is 4.92 Å². The minimum absolute atomic E-state index is 0.00462. The van der Waals surface area contributed by atoms with Crippen LogP contribution in [0.4, 0.5) is 11.4 Å². The van der Waals surface area contributed by atoms with Crippen molar-refractivity contribution in [1.29, 1.82) is 0 Å². The second-order valence-electron chi connectivity index (χ2n) is 4.67. The summed E-state index contributed by atoms with van der Waals surface area (Å²) >= 11 is 3.38. The third kappa shape index (κ3) is 3.46. The van der Waals surface area contributed by atoms with E-state index in [1.807, 2.05) is 13.0 Å². The van der Waals surface area contributed by atoms with Gasteiger partial charge in [0.25, 0.3) is 11.6 Å². The molecular formula is C15H13BrN2O3. The molecule has 6 heteroatoms. The van der Waals surface area contributed by atoms with Gasteiger partial charge in [-0.15, -0.1) is 0 Å². The number of carbonyl (C=O) groups excluding carboxylic acids is 1. The molecule has 0 bridgehead atoms. The number of nitro benzene ring substituents is 1. The minimum Gasteiger partial charge on any atom is -0.322 e. The SMILES string of the molecule is Cc1cc(C(=O)Nc2ccc([N+](=O)[O-])cc2C)ccc1Br. The van der Waals surface area contributed by atoms with Crippen molar-refractivity contribution in [3.63, 3.8) is 0 Å². The lowest BCUT2D eigenvalue weighted by Crippen LogP contribution is -2.13. The molecule has 0 aromatic heterocycles. The van der Waals surface area contributed by atoms with Crippen LogP contribution >= 0.6 is 15.9 Å². The van der Waals surface area contributed by atoms with Gasteiger partial charge in [0.15, 0.2) is 0 Å². The topological polar surface area (TPSA) is 72.2 Å². The molecule has 0 saturated carbocycles. The maximum absolute atomic E-state index is 12.2. The maximum atomic E-state index is 12.2. The molecule has 21 heavy (non-hydrogen) atoms. The molecular weight excluding hydrogens is 336 g/mol. The van der Waals surface area contributed by atoms with Crippen molar-refractivity contribution in [2.24, 2.45) is 0 Å². The highest BCUT2D eigenvalue weighted by atomic mass is 79.9. The fraction of sp³-hybridized carbons (Fsp3) is 0.133. The average Bonchev–Trinajstić information content (AvgIpc) is 2.43. The van der Waals surface area contributed by atoms with Crippen LogP contribution in [0.15, 0.2) is 40.9 Å². The molecule has 0 radical (unpaired) electrons. The first-order chi connectivity index (χ1) is 9.88. The Kier molecular flexibility index (Phi) is 4.37. The third-order valence-electron chi connectivity index (χ3n) is 3.09. The standard InChI is InChI=1S/C15H13BrN2O3/c1-9-7-11(3-5-13(9)16)15(19)17-14-6-4-12(18(20)21)8-10(14)2/h3-8H,1-2H3,(H,17,19). The largest absolute Gasteiger partial charge is 0.322 e. The molecule has 108 valence electrons. The van der Waals surface area contributed by atoms with Gasteiger partial charge in [-0.05, 0) is 49.2 Å². The zero-order chi connectivity index (χ0) is 15.6. The molecule has 0 aliphatic heterocycles. The zero-order valence-corrected chi connectivity index (χ0v) is 13.1. The molecule has 0 fully saturated rings. The Balaban J connectivity index is 2.23. The van der Waals surface area contributed by atoms with E-state index >= 15 is 0 Å². The second kappa shape index (κ2) is 6.05. The highest BCUT2D eigenvalue weighted by Crippen LogP contribution is 2.22. The number of rotatable bonds is 3. The summed E-state index contributed by atoms with van der Waals surface area (Å²) in [5.41, 5.74) is 2.71. The third-order valence-corrected chi connectivity index (χ3v) is 3.98. The lowest BCUT2D eigenvalue weighted by atomic mass is 10.1. The van der Waals surface area contributed by atoms with Crippen LogP contribution < -0.4 is 5.32 Å². The minimum atomic E-state index is -0.462. The number of aryl methyl sites for hydroxylation is 2. The Labute approximate surface area is 130 Å². The first-order valence-corrected chi connectivity index (χ1v) is 7.00. The summed E-state index contributed by atoms with van der Waals surface area (Å²) in [4.78, 5) is 22.4. The Morgan fingerprint density at radius 3 is 2.43 bits per heavy atom. The molecule has 1 amide bonds. The number of amides is 1. The van der Waals surface area contributed by atoms with Gasteiger partial charge < -0.3 is 5.32 Å². The van der Waals surface area contributed by atoms with Gasteiger partial charge in [0, 0.05) is 27.9 Å². The quantitative estimate of drug-likeness (QED) is 0.666. The number of nitro groups is 1. The van der Waals surface area contributed by atoms with Crippen molar-refractivity contribution in [1.82, 2.24) is 0 Å². The van der Waals surface area contributed by atoms with Crippen LogP contribution in [-0.2, 0) is 0 Å². The van der Waals surface area contributed by atoms with E-state index in [9.17, 15) is 14.9 Å². The molecule has 2 rings (SSSR count). The maximum Gasteiger partial charge on any atom is 0.269 e. The number of hydrogen-bond donors (Lipinski definition) is 1. The fourth-order valence-corrected chi connectivity index (χ4v) is 2.13. The van der Waals surface area contributed by atoms with E-state index in [1.54, 1.807) is 19.1 Å². The summed E-state index contributed by atoms with van der Waals surface area (Å²) in [6, 6.07) is 9.65. The zero-order valence-electron chi connectivity index (χ0n) is 11.5. The van der Waals surface area contributed by atoms with Crippen LogP contribution in [0.3, 0.4) is 0 Å². The Bertz CT molecular complexity index is 729. The number of benzene rings is 2. The first kappa shape index (κ1) is 15.2. The number of anilines is 1. The first-order valence-electron chi connectivity index (χ1n) is 6.21. The van der Waals surface area contributed by atoms with E-state index in [-0.39, 0.29) is 11.6 Å². The lowest BCUT2D eigenvalue weighted by molar-refractivity contribution is -0.384. The van der Waals surface area contributed by atoms with Gasteiger partial charge in [-0.25, -0.2) is 0 Å². The Hall–Kier alpha value is -2.21. The molecule has 0 spiro atoms. The van der Waals surface area contributed by atoms with Crippen molar-refractivity contribution >= 4 is 33.2 Å². The highest BCUT2D eigenvalue weighted by Gasteiger charge is 2.12. The number of halogens is 1. The van der Waals surface area contributed by atoms with Gasteiger partial charge in [-0.3, -0.25) is 14.9 Å². The number of non-ortho nitro benzene ring substituents is 1. The predicted molar refractivity (Wildman–Crippen MR) is 84.7 cm³/mol. The van der Waals surface area contributed by atoms with E-state index in [2.05, 4.69) is 21.2 Å². The van der Waals surface area contributed by atoms with Crippen molar-refractivity contribution in [3.05, 3.63) is 67.7 Å². The van der Waals surface area contributed by atoms with E-state index < -0.39 is 4.92 Å². The smallest absolute Gasteiger partial charge is 0.269 e. The summed E-state index contributed by atoms with van der Waals surface area (Å²) in [7, 11) is 0. The summed E-state index contributed by atoms with van der Waals surface area (Å²) in [6.07, 6.45) is 0. The molecule has 0 heterocycles. The number of nitrogens with one attached hydrogen (secondary N) is 1. The van der Waals surface area contributed by atoms with Crippen molar-refractivity contribution in [2.75, 3.05) is 5.32 Å². The van der Waals surface area contributed by atoms with Crippen LogP contribution in [0, 0.1) is 24.0 Å². The summed E-state index contributed by atoms with van der Waals surface area (Å²) in [5, 5.41) is 13.5. The van der Waals surface area contributed by atoms with Gasteiger partial charge >= 0.3 is 0 Å². The molecule has 0 aliphatic rings. The van der Waals surface area contributed by atoms with Gasteiger partial charge in [-0.2, -0.15) is 0 Å². The molecule has 0 atom stereocenters. The van der Waals surface area contributed by atoms with E-state index in [0.29, 0.717) is 16.8 Å². The highest BCUT2D eigenvalue weighted by molar-refractivity contribution is 9.10. The second-order valence-corrected chi connectivity index (χ2v) is 5.53. The van der Waals surface area contributed by atoms with Crippen molar-refractivity contribution in [2.45, 2.75) is 13.8 Å². The monoisotopic (exact) mass is 348 g/mol. The fourth-order valence-electron chi connectivity index (χ4n) is 1.88. The van der Waals surface area contributed by atoms with Gasteiger partial charge in [0.1, 0.15) is 0 Å². The summed E-state index contributed by atoms with van der Waals surface area (Å²) < 4.78 is 0.936. The summed E-state index contributed by atoms with van der Waals surface area (Å²) in [5.74, 6) is -0.248. The number of carbonyl (C=O) groups is 1. The number of nitrogens with zero attached hydrogens (tertiary/aromatic N) is 1. The van der Waals surface area contributed by atoms with Crippen LogP contribution in [0.5, 0.6) is 0 Å². The molecule has 2 aromatic carbocycles. The molecule has 0 aliphatic carbocycles. The van der Waals surface area contributed by atoms with E-state index in [0.717, 1.165) is 10.0 Å². The molecule has 1 N–H and O–H groups in total. The van der Waals surface area contributed by atoms with Crippen LogP contribution in [0.2, 0.25) is 0 Å². The molecule has 5 nitrogen and oxygen atoms in total. The van der Waals surface area contributed by atoms with Crippen molar-refractivity contribution in [3.8, 4) is 0 Å². The van der Waals surface area contributed by atoms with Crippen molar-refractivity contribution < 1.29 is 9.72 Å². The average molecular weight is 349 g/mol. The molecule has 0 unspecified atom stereocenters. The Morgan fingerprint density at radius 1 is 1.14 bits per heavy atom. The number of hydrogen-bond acceptors (Lipinski definition) is 3. The van der Waals surface area contributed by atoms with Gasteiger partial charge in [-0.1, -0.05) is 15.9 Å². The van der Waals surface area contributed by atoms with E-state index in [4.69, 9.17) is 0 Å². The molecule has 0 saturated heterocycles. The van der Waals surface area contributed by atoms with Gasteiger partial charge in [0.2, 0.25) is 0 Å². The normalized spacial score (nSPS) is 10.2. The van der Waals surface area contributed by atoms with E-state index in [1.165, 1.54) is 18.2 Å². The van der Waals surface area contributed by atoms with Crippen LogP contribution in [0.25, 0.3) is 0 Å². The summed E-state index contributed by atoms with van der Waals surface area (Å²) in [6.45, 7) is 3.62. The van der Waals surface area contributed by atoms with Crippen LogP contribution in [0.1, 0.15) is 21.5 Å². The predicted octanol–water partition coefficient (Wildman–Crippen LogP) is 4.23.